The average molecular weight is 263 g/mol. The van der Waals surface area contributed by atoms with Crippen molar-refractivity contribution in [1.29, 1.82) is 0 Å². The van der Waals surface area contributed by atoms with E-state index >= 15 is 0 Å². The number of sulfone groups is 1. The quantitative estimate of drug-likeness (QED) is 0.752. The van der Waals surface area contributed by atoms with E-state index in [1.54, 1.807) is 0 Å². The lowest BCUT2D eigenvalue weighted by atomic mass is 9.86. The summed E-state index contributed by atoms with van der Waals surface area (Å²) < 4.78 is 28.7. The highest BCUT2D eigenvalue weighted by molar-refractivity contribution is 7.91. The molecule has 5 heteroatoms. The molecule has 1 rings (SSSR count). The van der Waals surface area contributed by atoms with Gasteiger partial charge in [0.15, 0.2) is 9.84 Å². The third-order valence-corrected chi connectivity index (χ3v) is 5.20. The van der Waals surface area contributed by atoms with Crippen LogP contribution in [0.5, 0.6) is 0 Å². The van der Waals surface area contributed by atoms with Crippen molar-refractivity contribution in [2.24, 2.45) is 11.7 Å². The number of hydrogen-bond acceptors (Lipinski definition) is 4. The third kappa shape index (κ3) is 5.36. The van der Waals surface area contributed by atoms with Gasteiger partial charge < -0.3 is 10.5 Å². The molecule has 0 radical (unpaired) electrons. The van der Waals surface area contributed by atoms with Gasteiger partial charge in [-0.05, 0) is 31.7 Å². The van der Waals surface area contributed by atoms with Crippen LogP contribution in [0.1, 0.15) is 39.0 Å². The van der Waals surface area contributed by atoms with Gasteiger partial charge in [0.25, 0.3) is 0 Å². The number of ether oxygens (including phenoxy) is 1. The summed E-state index contributed by atoms with van der Waals surface area (Å²) >= 11 is 0. The zero-order valence-corrected chi connectivity index (χ0v) is 11.5. The smallest absolute Gasteiger partial charge is 0.152 e. The predicted molar refractivity (Wildman–Crippen MR) is 69.7 cm³/mol. The van der Waals surface area contributed by atoms with Gasteiger partial charge in [-0.2, -0.15) is 0 Å². The normalized spacial score (nSPS) is 26.0. The van der Waals surface area contributed by atoms with Crippen molar-refractivity contribution >= 4 is 9.84 Å². The van der Waals surface area contributed by atoms with Crippen LogP contribution in [0.15, 0.2) is 0 Å². The average Bonchev–Trinajstić information content (AvgIpc) is 2.29. The molecule has 0 saturated heterocycles. The van der Waals surface area contributed by atoms with Gasteiger partial charge in [-0.1, -0.05) is 19.8 Å². The van der Waals surface area contributed by atoms with E-state index in [4.69, 9.17) is 10.5 Å². The van der Waals surface area contributed by atoms with Crippen LogP contribution < -0.4 is 5.73 Å². The van der Waals surface area contributed by atoms with Gasteiger partial charge in [0.1, 0.15) is 0 Å². The number of hydrogen-bond donors (Lipinski definition) is 1. The van der Waals surface area contributed by atoms with Crippen molar-refractivity contribution < 1.29 is 13.2 Å². The number of rotatable bonds is 7. The molecule has 0 aromatic rings. The molecule has 2 unspecified atom stereocenters. The Hall–Kier alpha value is -0.130. The summed E-state index contributed by atoms with van der Waals surface area (Å²) in [6, 6.07) is 0. The van der Waals surface area contributed by atoms with Crippen molar-refractivity contribution in [3.8, 4) is 0 Å². The summed E-state index contributed by atoms with van der Waals surface area (Å²) in [6.45, 7) is 2.85. The molecule has 1 aliphatic rings. The first-order valence-corrected chi connectivity index (χ1v) is 8.43. The van der Waals surface area contributed by atoms with Crippen LogP contribution in [0.3, 0.4) is 0 Å². The summed E-state index contributed by atoms with van der Waals surface area (Å²) in [5.74, 6) is 0.827. The Balaban J connectivity index is 2.29. The molecule has 0 aliphatic heterocycles. The summed E-state index contributed by atoms with van der Waals surface area (Å²) in [6.07, 6.45) is 5.37. The minimum Gasteiger partial charge on any atom is -0.377 e. The van der Waals surface area contributed by atoms with Crippen molar-refractivity contribution in [3.63, 3.8) is 0 Å². The van der Waals surface area contributed by atoms with E-state index in [9.17, 15) is 8.42 Å². The number of nitrogens with two attached hydrogens (primary N) is 1. The van der Waals surface area contributed by atoms with E-state index in [1.165, 1.54) is 12.8 Å². The monoisotopic (exact) mass is 263 g/mol. The zero-order chi connectivity index (χ0) is 12.7. The van der Waals surface area contributed by atoms with Gasteiger partial charge in [-0.25, -0.2) is 8.42 Å². The SMILES string of the molecule is CCCS(=O)(=O)CCOC1CCCCC1CN. The van der Waals surface area contributed by atoms with Crippen LogP contribution in [0.25, 0.3) is 0 Å². The first-order valence-electron chi connectivity index (χ1n) is 6.61. The van der Waals surface area contributed by atoms with Crippen LogP contribution in [-0.2, 0) is 14.6 Å². The van der Waals surface area contributed by atoms with E-state index in [1.807, 2.05) is 6.92 Å². The molecule has 2 atom stereocenters. The summed E-state index contributed by atoms with van der Waals surface area (Å²) in [5.41, 5.74) is 5.70. The van der Waals surface area contributed by atoms with Gasteiger partial charge in [-0.15, -0.1) is 0 Å². The van der Waals surface area contributed by atoms with Gasteiger partial charge in [0.2, 0.25) is 0 Å². The maximum atomic E-state index is 11.5. The predicted octanol–water partition coefficient (Wildman–Crippen LogP) is 1.35. The summed E-state index contributed by atoms with van der Waals surface area (Å²) in [7, 11) is -2.91. The van der Waals surface area contributed by atoms with Crippen molar-refractivity contribution in [3.05, 3.63) is 0 Å². The van der Waals surface area contributed by atoms with Gasteiger partial charge in [0.05, 0.1) is 18.5 Å². The van der Waals surface area contributed by atoms with Crippen LogP contribution in [0.2, 0.25) is 0 Å². The molecule has 1 fully saturated rings. The molecule has 4 nitrogen and oxygen atoms in total. The molecule has 0 spiro atoms. The van der Waals surface area contributed by atoms with Crippen molar-refractivity contribution in [2.75, 3.05) is 24.7 Å². The van der Waals surface area contributed by atoms with E-state index < -0.39 is 9.84 Å². The Labute approximate surface area is 105 Å². The Morgan fingerprint density at radius 1 is 1.24 bits per heavy atom. The molecule has 0 aromatic carbocycles. The van der Waals surface area contributed by atoms with Crippen molar-refractivity contribution in [2.45, 2.75) is 45.1 Å². The molecule has 1 saturated carbocycles. The van der Waals surface area contributed by atoms with Crippen LogP contribution >= 0.6 is 0 Å². The highest BCUT2D eigenvalue weighted by Crippen LogP contribution is 2.25. The Bertz CT molecular complexity index is 303. The molecular formula is C12H25NO3S. The van der Waals surface area contributed by atoms with Crippen LogP contribution in [0.4, 0.5) is 0 Å². The topological polar surface area (TPSA) is 69.4 Å². The van der Waals surface area contributed by atoms with Crippen molar-refractivity contribution in [1.82, 2.24) is 0 Å². The molecule has 17 heavy (non-hydrogen) atoms. The largest absolute Gasteiger partial charge is 0.377 e. The standard InChI is InChI=1S/C12H25NO3S/c1-2-8-17(14,15)9-7-16-12-6-4-3-5-11(12)10-13/h11-12H,2-10,13H2,1H3. The second-order valence-corrected chi connectivity index (χ2v) is 7.14. The molecule has 102 valence electrons. The lowest BCUT2D eigenvalue weighted by molar-refractivity contribution is -0.000119. The maximum absolute atomic E-state index is 11.5. The molecule has 0 heterocycles. The highest BCUT2D eigenvalue weighted by atomic mass is 32.2. The van der Waals surface area contributed by atoms with Gasteiger partial charge >= 0.3 is 0 Å². The van der Waals surface area contributed by atoms with E-state index in [0.717, 1.165) is 12.8 Å². The zero-order valence-electron chi connectivity index (χ0n) is 10.7. The second kappa shape index (κ2) is 7.34. The molecular weight excluding hydrogens is 238 g/mol. The molecule has 0 bridgehead atoms. The van der Waals surface area contributed by atoms with Crippen LogP contribution in [-0.4, -0.2) is 39.2 Å². The lowest BCUT2D eigenvalue weighted by Crippen LogP contribution is -2.34. The Morgan fingerprint density at radius 2 is 1.94 bits per heavy atom. The minimum absolute atomic E-state index is 0.147. The first kappa shape index (κ1) is 14.9. The lowest BCUT2D eigenvalue weighted by Gasteiger charge is -2.30. The van der Waals surface area contributed by atoms with Gasteiger partial charge in [0, 0.05) is 5.75 Å². The molecule has 0 amide bonds. The Morgan fingerprint density at radius 3 is 2.59 bits per heavy atom. The first-order chi connectivity index (χ1) is 8.09. The van der Waals surface area contributed by atoms with Gasteiger partial charge in [-0.3, -0.25) is 0 Å². The molecule has 1 aliphatic carbocycles. The Kier molecular flexibility index (Phi) is 6.44. The second-order valence-electron chi connectivity index (χ2n) is 4.84. The minimum atomic E-state index is -2.91. The van der Waals surface area contributed by atoms with Crippen LogP contribution in [0, 0.1) is 5.92 Å². The maximum Gasteiger partial charge on any atom is 0.152 e. The fourth-order valence-corrected chi connectivity index (χ4v) is 3.58. The third-order valence-electron chi connectivity index (χ3n) is 3.38. The van der Waals surface area contributed by atoms with E-state index in [2.05, 4.69) is 0 Å². The summed E-state index contributed by atoms with van der Waals surface area (Å²) in [4.78, 5) is 0. The fraction of sp³-hybridized carbons (Fsp3) is 1.00. The highest BCUT2D eigenvalue weighted by Gasteiger charge is 2.24. The van der Waals surface area contributed by atoms with E-state index in [0.29, 0.717) is 25.5 Å². The molecule has 2 N–H and O–H groups in total. The summed E-state index contributed by atoms with van der Waals surface area (Å²) in [5, 5.41) is 0. The molecule has 0 aromatic heterocycles. The van der Waals surface area contributed by atoms with E-state index in [-0.39, 0.29) is 17.6 Å². The fourth-order valence-electron chi connectivity index (χ4n) is 2.40.